The van der Waals surface area contributed by atoms with Gasteiger partial charge >= 0.3 is 5.97 Å². The molecule has 0 saturated carbocycles. The molecule has 0 aromatic carbocycles. The normalized spacial score (nSPS) is 18.8. The summed E-state index contributed by atoms with van der Waals surface area (Å²) in [4.78, 5) is 25.0. The first kappa shape index (κ1) is 15.0. The van der Waals surface area contributed by atoms with Gasteiger partial charge in [-0.3, -0.25) is 9.59 Å². The van der Waals surface area contributed by atoms with Crippen molar-refractivity contribution in [1.82, 2.24) is 4.90 Å². The van der Waals surface area contributed by atoms with Gasteiger partial charge in [-0.05, 0) is 40.5 Å². The molecule has 0 aromatic rings. The Morgan fingerprint density at radius 2 is 1.61 bits per heavy atom. The molecule has 0 atom stereocenters. The van der Waals surface area contributed by atoms with Crippen molar-refractivity contribution in [3.05, 3.63) is 0 Å². The van der Waals surface area contributed by atoms with Crippen molar-refractivity contribution in [2.24, 2.45) is 17.1 Å². The van der Waals surface area contributed by atoms with E-state index in [1.165, 1.54) is 0 Å². The number of aliphatic carboxylic acids is 1. The molecule has 1 fully saturated rings. The number of nitrogens with two attached hydrogens (primary N) is 1. The van der Waals surface area contributed by atoms with Gasteiger partial charge in [-0.25, -0.2) is 0 Å². The summed E-state index contributed by atoms with van der Waals surface area (Å²) in [7, 11) is 0. The summed E-state index contributed by atoms with van der Waals surface area (Å²) in [5.74, 6) is -1.07. The minimum absolute atomic E-state index is 0.0128. The summed E-state index contributed by atoms with van der Waals surface area (Å²) in [6, 6.07) is 0. The zero-order valence-electron chi connectivity index (χ0n) is 11.7. The number of nitrogens with zero attached hydrogens (tertiary/aromatic N) is 1. The SMILES string of the molecule is CC(C)(N)C(C)(C)C(=O)N1CCC(C(=O)O)CC1. The molecule has 1 saturated heterocycles. The summed E-state index contributed by atoms with van der Waals surface area (Å²) in [5.41, 5.74) is 4.80. The lowest BCUT2D eigenvalue weighted by Crippen LogP contribution is -2.57. The third kappa shape index (κ3) is 2.83. The highest BCUT2D eigenvalue weighted by Gasteiger charge is 2.43. The van der Waals surface area contributed by atoms with Gasteiger partial charge in [-0.15, -0.1) is 0 Å². The monoisotopic (exact) mass is 256 g/mol. The molecule has 0 radical (unpaired) electrons. The van der Waals surface area contributed by atoms with Crippen molar-refractivity contribution in [3.8, 4) is 0 Å². The van der Waals surface area contributed by atoms with Crippen LogP contribution < -0.4 is 5.73 Å². The maximum absolute atomic E-state index is 12.4. The predicted molar refractivity (Wildman–Crippen MR) is 69.0 cm³/mol. The minimum atomic E-state index is -0.763. The van der Waals surface area contributed by atoms with Crippen molar-refractivity contribution >= 4 is 11.9 Å². The minimum Gasteiger partial charge on any atom is -0.481 e. The van der Waals surface area contributed by atoms with Crippen molar-refractivity contribution in [1.29, 1.82) is 0 Å². The fraction of sp³-hybridized carbons (Fsp3) is 0.846. The van der Waals surface area contributed by atoms with Crippen LogP contribution in [0.2, 0.25) is 0 Å². The molecule has 0 spiro atoms. The molecule has 0 aliphatic carbocycles. The second kappa shape index (κ2) is 4.88. The van der Waals surface area contributed by atoms with E-state index in [-0.39, 0.29) is 11.8 Å². The molecule has 1 aliphatic rings. The molecule has 1 amide bonds. The topological polar surface area (TPSA) is 83.6 Å². The smallest absolute Gasteiger partial charge is 0.306 e. The largest absolute Gasteiger partial charge is 0.481 e. The Morgan fingerprint density at radius 1 is 1.17 bits per heavy atom. The second-order valence-electron chi connectivity index (χ2n) is 6.25. The third-order valence-corrected chi connectivity index (χ3v) is 4.28. The number of hydrogen-bond acceptors (Lipinski definition) is 3. The summed E-state index contributed by atoms with van der Waals surface area (Å²) >= 11 is 0. The number of carboxylic acid groups (broad SMARTS) is 1. The highest BCUT2D eigenvalue weighted by Crippen LogP contribution is 2.32. The van der Waals surface area contributed by atoms with E-state index in [1.807, 2.05) is 27.7 Å². The van der Waals surface area contributed by atoms with Gasteiger partial charge in [0.15, 0.2) is 0 Å². The zero-order valence-corrected chi connectivity index (χ0v) is 11.7. The van der Waals surface area contributed by atoms with Gasteiger partial charge in [0.2, 0.25) is 5.91 Å². The van der Waals surface area contributed by atoms with Gasteiger partial charge in [0.25, 0.3) is 0 Å². The highest BCUT2D eigenvalue weighted by atomic mass is 16.4. The molecule has 1 heterocycles. The molecule has 0 aromatic heterocycles. The first-order valence-electron chi connectivity index (χ1n) is 6.38. The van der Waals surface area contributed by atoms with Crippen molar-refractivity contribution in [3.63, 3.8) is 0 Å². The first-order valence-corrected chi connectivity index (χ1v) is 6.38. The summed E-state index contributed by atoms with van der Waals surface area (Å²) < 4.78 is 0. The number of hydrogen-bond donors (Lipinski definition) is 2. The average molecular weight is 256 g/mol. The number of piperidine rings is 1. The molecular formula is C13H24N2O3. The summed E-state index contributed by atoms with van der Waals surface area (Å²) in [6.45, 7) is 8.39. The average Bonchev–Trinajstić information content (AvgIpc) is 2.26. The zero-order chi connectivity index (χ0) is 14.1. The van der Waals surface area contributed by atoms with Crippen LogP contribution in [0, 0.1) is 11.3 Å². The summed E-state index contributed by atoms with van der Waals surface area (Å²) in [6.07, 6.45) is 1.06. The first-order chi connectivity index (χ1) is 8.07. The van der Waals surface area contributed by atoms with Gasteiger partial charge in [0.05, 0.1) is 11.3 Å². The van der Waals surface area contributed by atoms with Crippen LogP contribution in [0.1, 0.15) is 40.5 Å². The van der Waals surface area contributed by atoms with E-state index in [9.17, 15) is 9.59 Å². The Bertz CT molecular complexity index is 337. The maximum atomic E-state index is 12.4. The van der Waals surface area contributed by atoms with E-state index in [2.05, 4.69) is 0 Å². The lowest BCUT2D eigenvalue weighted by Gasteiger charge is -2.42. The van der Waals surface area contributed by atoms with E-state index < -0.39 is 16.9 Å². The lowest BCUT2D eigenvalue weighted by molar-refractivity contribution is -0.150. The number of likely N-dealkylation sites (tertiary alicyclic amines) is 1. The molecule has 5 nitrogen and oxygen atoms in total. The van der Waals surface area contributed by atoms with Crippen molar-refractivity contribution in [2.75, 3.05) is 13.1 Å². The van der Waals surface area contributed by atoms with Crippen LogP contribution in [0.25, 0.3) is 0 Å². The van der Waals surface area contributed by atoms with Crippen LogP contribution >= 0.6 is 0 Å². The Kier molecular flexibility index (Phi) is 4.05. The molecule has 0 unspecified atom stereocenters. The van der Waals surface area contributed by atoms with Crippen molar-refractivity contribution in [2.45, 2.75) is 46.1 Å². The molecule has 0 bridgehead atoms. The molecule has 5 heteroatoms. The van der Waals surface area contributed by atoms with Crippen LogP contribution in [0.4, 0.5) is 0 Å². The Labute approximate surface area is 108 Å². The number of carbonyl (C=O) groups is 2. The Balaban J connectivity index is 2.69. The van der Waals surface area contributed by atoms with Crippen LogP contribution in [0.5, 0.6) is 0 Å². The van der Waals surface area contributed by atoms with Gasteiger partial charge in [-0.1, -0.05) is 0 Å². The van der Waals surface area contributed by atoms with Gasteiger partial charge in [0, 0.05) is 18.6 Å². The van der Waals surface area contributed by atoms with E-state index in [1.54, 1.807) is 4.90 Å². The number of rotatable bonds is 3. The number of carbonyl (C=O) groups excluding carboxylic acids is 1. The number of amides is 1. The molecule has 104 valence electrons. The van der Waals surface area contributed by atoms with E-state index in [0.717, 1.165) is 0 Å². The van der Waals surface area contributed by atoms with E-state index >= 15 is 0 Å². The van der Waals surface area contributed by atoms with Crippen molar-refractivity contribution < 1.29 is 14.7 Å². The van der Waals surface area contributed by atoms with Crippen LogP contribution in [0.15, 0.2) is 0 Å². The van der Waals surface area contributed by atoms with E-state index in [0.29, 0.717) is 25.9 Å². The fourth-order valence-corrected chi connectivity index (χ4v) is 2.00. The third-order valence-electron chi connectivity index (χ3n) is 4.28. The van der Waals surface area contributed by atoms with Crippen LogP contribution in [-0.2, 0) is 9.59 Å². The maximum Gasteiger partial charge on any atom is 0.306 e. The van der Waals surface area contributed by atoms with Gasteiger partial charge in [-0.2, -0.15) is 0 Å². The Morgan fingerprint density at radius 3 is 1.94 bits per heavy atom. The standard InChI is InChI=1S/C13H24N2O3/c1-12(2,13(3,4)14)11(18)15-7-5-9(6-8-15)10(16)17/h9H,5-8,14H2,1-4H3,(H,16,17). The fourth-order valence-electron chi connectivity index (χ4n) is 2.00. The highest BCUT2D eigenvalue weighted by molar-refractivity contribution is 5.83. The Hall–Kier alpha value is -1.10. The molecule has 3 N–H and O–H groups in total. The quantitative estimate of drug-likeness (QED) is 0.791. The van der Waals surface area contributed by atoms with Crippen LogP contribution in [0.3, 0.4) is 0 Å². The molecule has 18 heavy (non-hydrogen) atoms. The van der Waals surface area contributed by atoms with Gasteiger partial charge < -0.3 is 15.7 Å². The number of carboxylic acids is 1. The second-order valence-corrected chi connectivity index (χ2v) is 6.25. The van der Waals surface area contributed by atoms with E-state index in [4.69, 9.17) is 10.8 Å². The van der Waals surface area contributed by atoms with Gasteiger partial charge in [0.1, 0.15) is 0 Å². The molecule has 1 rings (SSSR count). The predicted octanol–water partition coefficient (Wildman–Crippen LogP) is 1.07. The molecule has 1 aliphatic heterocycles. The lowest BCUT2D eigenvalue weighted by atomic mass is 9.73. The molecular weight excluding hydrogens is 232 g/mol. The van der Waals surface area contributed by atoms with Crippen LogP contribution in [-0.4, -0.2) is 40.5 Å². The summed E-state index contributed by atoms with van der Waals surface area (Å²) in [5, 5.41) is 8.93.